The fourth-order valence-corrected chi connectivity index (χ4v) is 2.47. The second-order valence-corrected chi connectivity index (χ2v) is 5.50. The second-order valence-electron chi connectivity index (χ2n) is 5.09. The molecule has 0 aliphatic carbocycles. The number of benzene rings is 2. The van der Waals surface area contributed by atoms with Gasteiger partial charge in [0.15, 0.2) is 11.5 Å². The van der Waals surface area contributed by atoms with Crippen LogP contribution >= 0.6 is 11.6 Å². The van der Waals surface area contributed by atoms with Gasteiger partial charge in [0, 0.05) is 18.2 Å². The maximum absolute atomic E-state index is 13.3. The van der Waals surface area contributed by atoms with E-state index >= 15 is 0 Å². The lowest BCUT2D eigenvalue weighted by molar-refractivity contribution is -0.385. The molecule has 0 aliphatic rings. The number of carbonyl (C=O) groups is 1. The SMILES string of the molecule is CCOc1cc(/C=C/C(=O)Oc2cc(F)ccc2[N+](=O)[O-])cc(Cl)c1OC. The van der Waals surface area contributed by atoms with Gasteiger partial charge in [0.25, 0.3) is 0 Å². The summed E-state index contributed by atoms with van der Waals surface area (Å²) in [4.78, 5) is 22.1. The van der Waals surface area contributed by atoms with E-state index in [-0.39, 0.29) is 5.02 Å². The summed E-state index contributed by atoms with van der Waals surface area (Å²) in [5, 5.41) is 11.2. The van der Waals surface area contributed by atoms with Crippen LogP contribution in [0.4, 0.5) is 10.1 Å². The number of nitrogens with zero attached hydrogens (tertiary/aromatic N) is 1. The van der Waals surface area contributed by atoms with E-state index in [1.807, 2.05) is 0 Å². The Morgan fingerprint density at radius 1 is 1.30 bits per heavy atom. The molecule has 2 rings (SSSR count). The topological polar surface area (TPSA) is 87.9 Å². The number of methoxy groups -OCH3 is 1. The van der Waals surface area contributed by atoms with Crippen LogP contribution in [0.3, 0.4) is 0 Å². The lowest BCUT2D eigenvalue weighted by atomic mass is 10.2. The molecular weight excluding hydrogens is 381 g/mol. The molecule has 2 aromatic rings. The standard InChI is InChI=1S/C18H15ClFNO6/c1-3-26-16-9-11(8-13(19)18(16)25-2)4-7-17(22)27-15-10-12(20)5-6-14(15)21(23)24/h4-10H,3H2,1-2H3/b7-4+. The minimum atomic E-state index is -0.923. The van der Waals surface area contributed by atoms with E-state index in [1.165, 1.54) is 19.3 Å². The predicted molar refractivity (Wildman–Crippen MR) is 96.9 cm³/mol. The molecule has 142 valence electrons. The molecule has 0 fully saturated rings. The maximum atomic E-state index is 13.3. The normalized spacial score (nSPS) is 10.7. The van der Waals surface area contributed by atoms with Gasteiger partial charge < -0.3 is 14.2 Å². The highest BCUT2D eigenvalue weighted by atomic mass is 35.5. The molecule has 2 aromatic carbocycles. The highest BCUT2D eigenvalue weighted by Gasteiger charge is 2.18. The van der Waals surface area contributed by atoms with E-state index in [2.05, 4.69) is 0 Å². The third-order valence-electron chi connectivity index (χ3n) is 3.28. The first-order chi connectivity index (χ1) is 12.8. The zero-order valence-corrected chi connectivity index (χ0v) is 15.2. The number of esters is 1. The Kier molecular flexibility index (Phi) is 6.73. The summed E-state index contributed by atoms with van der Waals surface area (Å²) in [6.07, 6.45) is 2.41. The molecule has 0 amide bonds. The van der Waals surface area contributed by atoms with Gasteiger partial charge in [-0.05, 0) is 36.8 Å². The summed E-state index contributed by atoms with van der Waals surface area (Å²) in [5.74, 6) is -1.43. The van der Waals surface area contributed by atoms with Crippen LogP contribution in [0, 0.1) is 15.9 Å². The zero-order valence-electron chi connectivity index (χ0n) is 14.4. The first-order valence-corrected chi connectivity index (χ1v) is 8.07. The van der Waals surface area contributed by atoms with E-state index in [9.17, 15) is 19.3 Å². The van der Waals surface area contributed by atoms with Crippen LogP contribution in [-0.4, -0.2) is 24.6 Å². The molecule has 0 unspecified atom stereocenters. The van der Waals surface area contributed by atoms with E-state index < -0.39 is 28.1 Å². The van der Waals surface area contributed by atoms with Crippen LogP contribution in [0.15, 0.2) is 36.4 Å². The molecule has 0 aliphatic heterocycles. The van der Waals surface area contributed by atoms with Crippen LogP contribution in [0.1, 0.15) is 12.5 Å². The Balaban J connectivity index is 2.23. The van der Waals surface area contributed by atoms with Gasteiger partial charge in [-0.3, -0.25) is 10.1 Å². The van der Waals surface area contributed by atoms with Crippen molar-refractivity contribution in [3.8, 4) is 17.2 Å². The number of hydrogen-bond donors (Lipinski definition) is 0. The van der Waals surface area contributed by atoms with Crippen molar-refractivity contribution in [1.82, 2.24) is 0 Å². The average molecular weight is 396 g/mol. The molecule has 7 nitrogen and oxygen atoms in total. The van der Waals surface area contributed by atoms with Crippen molar-refractivity contribution in [3.05, 3.63) is 62.9 Å². The summed E-state index contributed by atoms with van der Waals surface area (Å²) in [6.45, 7) is 2.17. The van der Waals surface area contributed by atoms with Gasteiger partial charge >= 0.3 is 11.7 Å². The minimum Gasteiger partial charge on any atom is -0.491 e. The molecule has 27 heavy (non-hydrogen) atoms. The van der Waals surface area contributed by atoms with E-state index in [1.54, 1.807) is 13.0 Å². The van der Waals surface area contributed by atoms with Gasteiger partial charge in [-0.25, -0.2) is 9.18 Å². The van der Waals surface area contributed by atoms with E-state index in [0.29, 0.717) is 23.7 Å². The van der Waals surface area contributed by atoms with Gasteiger partial charge in [0.1, 0.15) is 5.82 Å². The quantitative estimate of drug-likeness (QED) is 0.227. The summed E-state index contributed by atoms with van der Waals surface area (Å²) in [6, 6.07) is 5.72. The summed E-state index contributed by atoms with van der Waals surface area (Å²) >= 11 is 6.12. The average Bonchev–Trinajstić information content (AvgIpc) is 2.60. The first-order valence-electron chi connectivity index (χ1n) is 7.69. The van der Waals surface area contributed by atoms with Crippen molar-refractivity contribution in [2.75, 3.05) is 13.7 Å². The molecule has 0 bridgehead atoms. The van der Waals surface area contributed by atoms with Gasteiger partial charge in [-0.15, -0.1) is 0 Å². The second kappa shape index (κ2) is 9.00. The Bertz CT molecular complexity index is 900. The number of carbonyl (C=O) groups excluding carboxylic acids is 1. The molecule has 0 saturated carbocycles. The maximum Gasteiger partial charge on any atom is 0.336 e. The Labute approximate surface area is 159 Å². The van der Waals surface area contributed by atoms with Crippen molar-refractivity contribution in [3.63, 3.8) is 0 Å². The molecule has 0 radical (unpaired) electrons. The van der Waals surface area contributed by atoms with Gasteiger partial charge in [0.2, 0.25) is 5.75 Å². The monoisotopic (exact) mass is 395 g/mol. The predicted octanol–water partition coefficient (Wildman–Crippen LogP) is 4.41. The summed E-state index contributed by atoms with van der Waals surface area (Å²) in [7, 11) is 1.45. The van der Waals surface area contributed by atoms with Crippen molar-refractivity contribution in [1.29, 1.82) is 0 Å². The lowest BCUT2D eigenvalue weighted by Crippen LogP contribution is -2.06. The molecule has 0 heterocycles. The molecule has 9 heteroatoms. The number of ether oxygens (including phenoxy) is 3. The third-order valence-corrected chi connectivity index (χ3v) is 3.56. The van der Waals surface area contributed by atoms with E-state index in [0.717, 1.165) is 24.3 Å². The zero-order chi connectivity index (χ0) is 20.0. The van der Waals surface area contributed by atoms with Crippen LogP contribution < -0.4 is 14.2 Å². The number of rotatable bonds is 7. The number of halogens is 2. The Morgan fingerprint density at radius 2 is 2.04 bits per heavy atom. The Hall–Kier alpha value is -3.13. The van der Waals surface area contributed by atoms with Gasteiger partial charge in [-0.1, -0.05) is 11.6 Å². The summed E-state index contributed by atoms with van der Waals surface area (Å²) < 4.78 is 28.7. The van der Waals surface area contributed by atoms with Crippen LogP contribution in [0.25, 0.3) is 6.08 Å². The molecule has 0 spiro atoms. The van der Waals surface area contributed by atoms with Crippen LogP contribution in [-0.2, 0) is 4.79 Å². The largest absolute Gasteiger partial charge is 0.491 e. The smallest absolute Gasteiger partial charge is 0.336 e. The van der Waals surface area contributed by atoms with E-state index in [4.69, 9.17) is 25.8 Å². The highest BCUT2D eigenvalue weighted by molar-refractivity contribution is 6.32. The van der Waals surface area contributed by atoms with Crippen molar-refractivity contribution >= 4 is 29.3 Å². The Morgan fingerprint density at radius 3 is 2.67 bits per heavy atom. The van der Waals surface area contributed by atoms with Gasteiger partial charge in [0.05, 0.1) is 23.7 Å². The number of nitro benzene ring substituents is 1. The highest BCUT2D eigenvalue weighted by Crippen LogP contribution is 2.36. The van der Waals surface area contributed by atoms with Crippen LogP contribution in [0.2, 0.25) is 5.02 Å². The molecule has 0 aromatic heterocycles. The summed E-state index contributed by atoms with van der Waals surface area (Å²) in [5.41, 5.74) is -0.0146. The van der Waals surface area contributed by atoms with Crippen molar-refractivity contribution in [2.24, 2.45) is 0 Å². The number of hydrogen-bond acceptors (Lipinski definition) is 6. The fourth-order valence-electron chi connectivity index (χ4n) is 2.17. The molecule has 0 N–H and O–H groups in total. The minimum absolute atomic E-state index is 0.275. The van der Waals surface area contributed by atoms with Crippen LogP contribution in [0.5, 0.6) is 17.2 Å². The first kappa shape index (κ1) is 20.2. The molecular formula is C18H15ClFNO6. The fraction of sp³-hybridized carbons (Fsp3) is 0.167. The van der Waals surface area contributed by atoms with Crippen molar-refractivity contribution < 1.29 is 28.3 Å². The van der Waals surface area contributed by atoms with Gasteiger partial charge in [-0.2, -0.15) is 0 Å². The molecule has 0 atom stereocenters. The van der Waals surface area contributed by atoms with Crippen molar-refractivity contribution in [2.45, 2.75) is 6.92 Å². The number of nitro groups is 1. The lowest BCUT2D eigenvalue weighted by Gasteiger charge is -2.11. The molecule has 0 saturated heterocycles. The third kappa shape index (κ3) is 5.18.